The van der Waals surface area contributed by atoms with Gasteiger partial charge in [0.25, 0.3) is 11.8 Å². The van der Waals surface area contributed by atoms with Gasteiger partial charge in [-0.05, 0) is 30.3 Å². The lowest BCUT2D eigenvalue weighted by molar-refractivity contribution is -0.118. The van der Waals surface area contributed by atoms with E-state index in [0.717, 1.165) is 16.9 Å². The van der Waals surface area contributed by atoms with Crippen molar-refractivity contribution in [3.63, 3.8) is 0 Å². The number of aliphatic imine (C=N–C) groups is 1. The molecule has 0 bridgehead atoms. The lowest BCUT2D eigenvalue weighted by Gasteiger charge is -2.27. The Kier molecular flexibility index (Phi) is 4.54. The Bertz CT molecular complexity index is 1110. The molecule has 3 aromatic rings. The Hall–Kier alpha value is -3.68. The van der Waals surface area contributed by atoms with Crippen LogP contribution in [0.15, 0.2) is 53.5 Å². The number of H-pyrrole nitrogens is 1. The van der Waals surface area contributed by atoms with Crippen LogP contribution in [0.5, 0.6) is 0 Å². The molecule has 8 nitrogen and oxygen atoms in total. The van der Waals surface area contributed by atoms with Crippen molar-refractivity contribution in [3.05, 3.63) is 54.4 Å². The Morgan fingerprint density at radius 2 is 1.90 bits per heavy atom. The molecule has 0 aliphatic carbocycles. The lowest BCUT2D eigenvalue weighted by Crippen LogP contribution is -2.54. The average molecular weight is 390 g/mol. The molecule has 0 spiro atoms. The zero-order chi connectivity index (χ0) is 20.6. The standard InChI is InChI=1S/C21H22N6O2/c1-21(2,3)20-24-15-10-9-13(11-16(15)25-20)23-19(29)18-22-12-17(28)27(26-18)14-7-5-4-6-8-14/h4-11H,12H2,1-3H3,(H,22,26)(H,23,29)(H,24,25). The molecule has 8 heteroatoms. The van der Waals surface area contributed by atoms with Crippen molar-refractivity contribution < 1.29 is 9.59 Å². The van der Waals surface area contributed by atoms with E-state index in [4.69, 9.17) is 0 Å². The third-order valence-electron chi connectivity index (χ3n) is 4.52. The molecule has 4 rings (SSSR count). The highest BCUT2D eigenvalue weighted by molar-refractivity contribution is 6.43. The molecule has 3 N–H and O–H groups in total. The number of carbonyl (C=O) groups is 2. The first-order valence-electron chi connectivity index (χ1n) is 9.32. The highest BCUT2D eigenvalue weighted by Gasteiger charge is 2.25. The largest absolute Gasteiger partial charge is 0.341 e. The van der Waals surface area contributed by atoms with Crippen LogP contribution in [0.4, 0.5) is 11.4 Å². The van der Waals surface area contributed by atoms with Crippen LogP contribution >= 0.6 is 0 Å². The number of aromatic amines is 1. The number of fused-ring (bicyclic) bond motifs is 1. The van der Waals surface area contributed by atoms with Gasteiger partial charge in [-0.25, -0.2) is 9.99 Å². The second-order valence-electron chi connectivity index (χ2n) is 7.86. The van der Waals surface area contributed by atoms with E-state index in [0.29, 0.717) is 11.4 Å². The minimum Gasteiger partial charge on any atom is -0.341 e. The smallest absolute Gasteiger partial charge is 0.292 e. The molecule has 1 aromatic heterocycles. The van der Waals surface area contributed by atoms with Crippen molar-refractivity contribution in [2.75, 3.05) is 16.9 Å². The summed E-state index contributed by atoms with van der Waals surface area (Å²) in [5, 5.41) is 4.15. The maximum absolute atomic E-state index is 12.7. The Balaban J connectivity index is 1.52. The van der Waals surface area contributed by atoms with Crippen molar-refractivity contribution in [1.82, 2.24) is 15.4 Å². The van der Waals surface area contributed by atoms with Crippen LogP contribution in [0.25, 0.3) is 11.0 Å². The van der Waals surface area contributed by atoms with Crippen LogP contribution in [0.3, 0.4) is 0 Å². The normalized spacial score (nSPS) is 14.5. The SMILES string of the molecule is CC(C)(C)c1nc2ccc(NC(=O)C3=NCC(=O)N(c4ccccc4)N3)cc2[nH]1. The maximum atomic E-state index is 12.7. The number of anilines is 2. The number of nitrogens with zero attached hydrogens (tertiary/aromatic N) is 3. The Morgan fingerprint density at radius 3 is 2.62 bits per heavy atom. The third kappa shape index (κ3) is 3.82. The van der Waals surface area contributed by atoms with Crippen LogP contribution in [0.2, 0.25) is 0 Å². The zero-order valence-corrected chi connectivity index (χ0v) is 16.5. The number of carbonyl (C=O) groups excluding carboxylic acids is 2. The van der Waals surface area contributed by atoms with E-state index in [1.165, 1.54) is 5.01 Å². The number of para-hydroxylation sites is 1. The second-order valence-corrected chi connectivity index (χ2v) is 7.86. The van der Waals surface area contributed by atoms with Crippen LogP contribution in [-0.2, 0) is 15.0 Å². The minimum atomic E-state index is -0.423. The van der Waals surface area contributed by atoms with E-state index in [1.807, 2.05) is 30.3 Å². The summed E-state index contributed by atoms with van der Waals surface area (Å²) in [7, 11) is 0. The highest BCUT2D eigenvalue weighted by atomic mass is 16.2. The summed E-state index contributed by atoms with van der Waals surface area (Å²) in [4.78, 5) is 36.8. The van der Waals surface area contributed by atoms with Crippen molar-refractivity contribution in [1.29, 1.82) is 0 Å². The number of amides is 2. The number of hydrogen-bond donors (Lipinski definition) is 3. The van der Waals surface area contributed by atoms with Gasteiger partial charge < -0.3 is 10.3 Å². The molecule has 29 heavy (non-hydrogen) atoms. The van der Waals surface area contributed by atoms with Gasteiger partial charge in [-0.2, -0.15) is 0 Å². The molecular weight excluding hydrogens is 368 g/mol. The molecule has 1 aliphatic heterocycles. The van der Waals surface area contributed by atoms with Gasteiger partial charge in [-0.1, -0.05) is 39.0 Å². The quantitative estimate of drug-likeness (QED) is 0.640. The van der Waals surface area contributed by atoms with Crippen LogP contribution < -0.4 is 15.8 Å². The molecular formula is C21H22N6O2. The van der Waals surface area contributed by atoms with Crippen molar-refractivity contribution in [2.24, 2.45) is 4.99 Å². The number of rotatable bonds is 3. The van der Waals surface area contributed by atoms with E-state index in [-0.39, 0.29) is 23.7 Å². The predicted octanol–water partition coefficient (Wildman–Crippen LogP) is 2.75. The highest BCUT2D eigenvalue weighted by Crippen LogP contribution is 2.24. The number of aromatic nitrogens is 2. The van der Waals surface area contributed by atoms with E-state index >= 15 is 0 Å². The minimum absolute atomic E-state index is 0.0774. The number of benzene rings is 2. The molecule has 148 valence electrons. The van der Waals surface area contributed by atoms with Crippen LogP contribution in [-0.4, -0.2) is 34.2 Å². The van der Waals surface area contributed by atoms with E-state index in [2.05, 4.69) is 46.5 Å². The summed E-state index contributed by atoms with van der Waals surface area (Å²) in [6, 6.07) is 14.5. The van der Waals surface area contributed by atoms with E-state index in [9.17, 15) is 9.59 Å². The second kappa shape index (κ2) is 7.05. The summed E-state index contributed by atoms with van der Waals surface area (Å²) in [5.41, 5.74) is 5.63. The van der Waals surface area contributed by atoms with Gasteiger partial charge in [-0.15, -0.1) is 0 Å². The molecule has 0 unspecified atom stereocenters. The topological polar surface area (TPSA) is 102 Å². The maximum Gasteiger partial charge on any atom is 0.292 e. The predicted molar refractivity (Wildman–Crippen MR) is 113 cm³/mol. The Morgan fingerprint density at radius 1 is 1.14 bits per heavy atom. The van der Waals surface area contributed by atoms with Crippen LogP contribution in [0, 0.1) is 0 Å². The zero-order valence-electron chi connectivity index (χ0n) is 16.5. The van der Waals surface area contributed by atoms with Gasteiger partial charge in [0.05, 0.1) is 16.7 Å². The first-order valence-corrected chi connectivity index (χ1v) is 9.32. The molecule has 2 amide bonds. The fraction of sp³-hybridized carbons (Fsp3) is 0.238. The fourth-order valence-corrected chi connectivity index (χ4v) is 2.96. The van der Waals surface area contributed by atoms with E-state index < -0.39 is 5.91 Å². The van der Waals surface area contributed by atoms with Gasteiger partial charge in [-0.3, -0.25) is 20.0 Å². The van der Waals surface area contributed by atoms with Crippen molar-refractivity contribution >= 4 is 40.1 Å². The number of hydrogen-bond acceptors (Lipinski definition) is 5. The molecule has 0 fully saturated rings. The summed E-state index contributed by atoms with van der Waals surface area (Å²) >= 11 is 0. The molecule has 2 heterocycles. The lowest BCUT2D eigenvalue weighted by atomic mass is 9.96. The number of imidazole rings is 1. The molecule has 0 radical (unpaired) electrons. The molecule has 0 saturated heterocycles. The van der Waals surface area contributed by atoms with Crippen LogP contribution in [0.1, 0.15) is 26.6 Å². The summed E-state index contributed by atoms with van der Waals surface area (Å²) in [6.45, 7) is 6.15. The fourth-order valence-electron chi connectivity index (χ4n) is 2.96. The first-order chi connectivity index (χ1) is 13.8. The summed E-state index contributed by atoms with van der Waals surface area (Å²) in [6.07, 6.45) is 0. The first kappa shape index (κ1) is 18.7. The number of amidine groups is 1. The average Bonchev–Trinajstić information content (AvgIpc) is 3.13. The summed E-state index contributed by atoms with van der Waals surface area (Å²) in [5.74, 6) is 0.300. The Labute approximate surface area is 168 Å². The molecule has 0 saturated carbocycles. The molecule has 0 atom stereocenters. The van der Waals surface area contributed by atoms with Crippen molar-refractivity contribution in [2.45, 2.75) is 26.2 Å². The van der Waals surface area contributed by atoms with Gasteiger partial charge >= 0.3 is 0 Å². The van der Waals surface area contributed by atoms with Crippen molar-refractivity contribution in [3.8, 4) is 0 Å². The summed E-state index contributed by atoms with van der Waals surface area (Å²) < 4.78 is 0. The number of nitrogens with one attached hydrogen (secondary N) is 3. The van der Waals surface area contributed by atoms with E-state index in [1.54, 1.807) is 18.2 Å². The van der Waals surface area contributed by atoms with Gasteiger partial charge in [0.1, 0.15) is 12.4 Å². The third-order valence-corrected chi connectivity index (χ3v) is 4.52. The van der Waals surface area contributed by atoms with Gasteiger partial charge in [0, 0.05) is 11.1 Å². The number of hydrazine groups is 1. The monoisotopic (exact) mass is 390 g/mol. The molecule has 1 aliphatic rings. The van der Waals surface area contributed by atoms with Gasteiger partial charge in [0.15, 0.2) is 0 Å². The van der Waals surface area contributed by atoms with Gasteiger partial charge in [0.2, 0.25) is 5.84 Å². The molecule has 2 aromatic carbocycles.